The van der Waals surface area contributed by atoms with Gasteiger partial charge in [-0.3, -0.25) is 0 Å². The lowest BCUT2D eigenvalue weighted by Gasteiger charge is -2.31. The van der Waals surface area contributed by atoms with Gasteiger partial charge in [0.05, 0.1) is 17.7 Å². The van der Waals surface area contributed by atoms with Crippen LogP contribution in [0.3, 0.4) is 0 Å². The van der Waals surface area contributed by atoms with E-state index in [9.17, 15) is 8.42 Å². The molecule has 2 rings (SSSR count). The summed E-state index contributed by atoms with van der Waals surface area (Å²) in [6.07, 6.45) is 1.35. The predicted octanol–water partition coefficient (Wildman–Crippen LogP) is 3.40. The normalized spacial score (nSPS) is 18.0. The Kier molecular flexibility index (Phi) is 6.17. The molecular formula is C13H16Cl3NO3S. The van der Waals surface area contributed by atoms with Crippen LogP contribution in [0.15, 0.2) is 23.1 Å². The third kappa shape index (κ3) is 4.24. The van der Waals surface area contributed by atoms with Crippen molar-refractivity contribution in [2.75, 3.05) is 25.6 Å². The second-order valence-electron chi connectivity index (χ2n) is 4.74. The predicted molar refractivity (Wildman–Crippen MR) is 84.9 cm³/mol. The summed E-state index contributed by atoms with van der Waals surface area (Å²) in [5.74, 6) is 0.441. The van der Waals surface area contributed by atoms with E-state index in [1.54, 1.807) is 6.07 Å². The molecule has 21 heavy (non-hydrogen) atoms. The SMILES string of the molecule is O=S(=O)(c1cc(Cl)ccc1Cl)N1CCC(OCCCl)CC1. The van der Waals surface area contributed by atoms with E-state index in [1.165, 1.54) is 16.4 Å². The second kappa shape index (κ2) is 7.49. The third-order valence-electron chi connectivity index (χ3n) is 3.34. The number of sulfonamides is 1. The minimum absolute atomic E-state index is 0.0526. The number of ether oxygens (including phenoxy) is 1. The molecule has 0 bridgehead atoms. The first-order valence-electron chi connectivity index (χ1n) is 6.58. The van der Waals surface area contributed by atoms with Crippen molar-refractivity contribution < 1.29 is 13.2 Å². The number of hydrogen-bond acceptors (Lipinski definition) is 3. The van der Waals surface area contributed by atoms with Crippen molar-refractivity contribution in [2.24, 2.45) is 0 Å². The molecule has 1 aliphatic rings. The fraction of sp³-hybridized carbons (Fsp3) is 0.538. The number of halogens is 3. The average Bonchev–Trinajstić information content (AvgIpc) is 2.48. The molecule has 0 atom stereocenters. The van der Waals surface area contributed by atoms with Gasteiger partial charge < -0.3 is 4.74 Å². The zero-order chi connectivity index (χ0) is 15.5. The van der Waals surface area contributed by atoms with Crippen molar-refractivity contribution in [3.05, 3.63) is 28.2 Å². The molecule has 0 aliphatic carbocycles. The molecule has 1 fully saturated rings. The standard InChI is InChI=1S/C13H16Cl3NO3S/c14-5-8-20-11-3-6-17(7-4-11)21(18,19)13-9-10(15)1-2-12(13)16/h1-2,9,11H,3-8H2. The molecule has 0 unspecified atom stereocenters. The number of alkyl halides is 1. The molecular weight excluding hydrogens is 357 g/mol. The molecule has 1 aromatic rings. The van der Waals surface area contributed by atoms with Gasteiger partial charge in [-0.15, -0.1) is 11.6 Å². The topological polar surface area (TPSA) is 46.6 Å². The first-order valence-corrected chi connectivity index (χ1v) is 9.31. The molecule has 1 aliphatic heterocycles. The molecule has 8 heteroatoms. The van der Waals surface area contributed by atoms with Crippen molar-refractivity contribution in [3.8, 4) is 0 Å². The highest BCUT2D eigenvalue weighted by molar-refractivity contribution is 7.89. The van der Waals surface area contributed by atoms with Crippen LogP contribution in [0.25, 0.3) is 0 Å². The molecule has 0 radical (unpaired) electrons. The van der Waals surface area contributed by atoms with E-state index in [2.05, 4.69) is 0 Å². The van der Waals surface area contributed by atoms with Crippen LogP contribution in [0.4, 0.5) is 0 Å². The van der Waals surface area contributed by atoms with Gasteiger partial charge in [-0.1, -0.05) is 23.2 Å². The van der Waals surface area contributed by atoms with Gasteiger partial charge in [0.15, 0.2) is 0 Å². The van der Waals surface area contributed by atoms with Crippen LogP contribution >= 0.6 is 34.8 Å². The third-order valence-corrected chi connectivity index (χ3v) is 6.11. The van der Waals surface area contributed by atoms with E-state index in [1.807, 2.05) is 0 Å². The lowest BCUT2D eigenvalue weighted by molar-refractivity contribution is 0.0301. The monoisotopic (exact) mass is 371 g/mol. The van der Waals surface area contributed by atoms with Crippen LogP contribution in [0.2, 0.25) is 10.0 Å². The van der Waals surface area contributed by atoms with Gasteiger partial charge >= 0.3 is 0 Å². The summed E-state index contributed by atoms with van der Waals surface area (Å²) in [4.78, 5) is 0.0526. The van der Waals surface area contributed by atoms with Gasteiger partial charge in [0.1, 0.15) is 4.90 Å². The summed E-state index contributed by atoms with van der Waals surface area (Å²) in [6.45, 7) is 1.29. The van der Waals surface area contributed by atoms with Gasteiger partial charge in [0, 0.05) is 24.0 Å². The zero-order valence-electron chi connectivity index (χ0n) is 11.3. The van der Waals surface area contributed by atoms with E-state index in [4.69, 9.17) is 39.5 Å². The van der Waals surface area contributed by atoms with Crippen molar-refractivity contribution in [2.45, 2.75) is 23.8 Å². The summed E-state index contributed by atoms with van der Waals surface area (Å²) in [5.41, 5.74) is 0. The van der Waals surface area contributed by atoms with E-state index in [0.717, 1.165) is 0 Å². The zero-order valence-corrected chi connectivity index (χ0v) is 14.4. The van der Waals surface area contributed by atoms with Crippen LogP contribution in [0.1, 0.15) is 12.8 Å². The first kappa shape index (κ1) is 17.3. The second-order valence-corrected chi connectivity index (χ2v) is 7.87. The van der Waals surface area contributed by atoms with Crippen LogP contribution < -0.4 is 0 Å². The van der Waals surface area contributed by atoms with Crippen molar-refractivity contribution in [3.63, 3.8) is 0 Å². The Morgan fingerprint density at radius 3 is 2.52 bits per heavy atom. The summed E-state index contributed by atoms with van der Waals surface area (Å²) in [6, 6.07) is 4.44. The van der Waals surface area contributed by atoms with Gasteiger partial charge in [-0.2, -0.15) is 4.31 Å². The number of hydrogen-bond donors (Lipinski definition) is 0. The quantitative estimate of drug-likeness (QED) is 0.744. The minimum atomic E-state index is -3.62. The number of nitrogens with zero attached hydrogens (tertiary/aromatic N) is 1. The van der Waals surface area contributed by atoms with Gasteiger partial charge in [-0.05, 0) is 31.0 Å². The number of rotatable bonds is 5. The Bertz CT molecular complexity index is 586. The molecule has 118 valence electrons. The lowest BCUT2D eigenvalue weighted by Crippen LogP contribution is -2.41. The van der Waals surface area contributed by atoms with Crippen LogP contribution in [0, 0.1) is 0 Å². The molecule has 4 nitrogen and oxygen atoms in total. The molecule has 0 aromatic heterocycles. The Labute approximate surface area is 140 Å². The highest BCUT2D eigenvalue weighted by Crippen LogP contribution is 2.29. The molecule has 1 heterocycles. The number of benzene rings is 1. The first-order chi connectivity index (χ1) is 9.95. The summed E-state index contributed by atoms with van der Waals surface area (Å²) >= 11 is 17.4. The Hall–Kier alpha value is -0.0400. The molecule has 0 N–H and O–H groups in total. The maximum absolute atomic E-state index is 12.6. The van der Waals surface area contributed by atoms with Crippen LogP contribution in [-0.4, -0.2) is 44.4 Å². The fourth-order valence-electron chi connectivity index (χ4n) is 2.26. The van der Waals surface area contributed by atoms with E-state index in [0.29, 0.717) is 43.4 Å². The highest BCUT2D eigenvalue weighted by Gasteiger charge is 2.31. The van der Waals surface area contributed by atoms with Crippen LogP contribution in [-0.2, 0) is 14.8 Å². The Morgan fingerprint density at radius 2 is 1.90 bits per heavy atom. The van der Waals surface area contributed by atoms with E-state index in [-0.39, 0.29) is 16.0 Å². The summed E-state index contributed by atoms with van der Waals surface area (Å²) in [7, 11) is -3.62. The maximum atomic E-state index is 12.6. The molecule has 1 saturated heterocycles. The molecule has 0 saturated carbocycles. The van der Waals surface area contributed by atoms with Crippen molar-refractivity contribution in [1.82, 2.24) is 4.31 Å². The molecule has 1 aromatic carbocycles. The lowest BCUT2D eigenvalue weighted by atomic mass is 10.1. The van der Waals surface area contributed by atoms with E-state index < -0.39 is 10.0 Å². The Morgan fingerprint density at radius 1 is 1.24 bits per heavy atom. The van der Waals surface area contributed by atoms with Gasteiger partial charge in [-0.25, -0.2) is 8.42 Å². The minimum Gasteiger partial charge on any atom is -0.377 e. The molecule has 0 spiro atoms. The average molecular weight is 373 g/mol. The number of piperidine rings is 1. The largest absolute Gasteiger partial charge is 0.377 e. The summed E-state index contributed by atoms with van der Waals surface area (Å²) in [5, 5.41) is 0.526. The smallest absolute Gasteiger partial charge is 0.244 e. The Balaban J connectivity index is 2.10. The van der Waals surface area contributed by atoms with Crippen molar-refractivity contribution in [1.29, 1.82) is 0 Å². The van der Waals surface area contributed by atoms with Gasteiger partial charge in [0.25, 0.3) is 0 Å². The fourth-order valence-corrected chi connectivity index (χ4v) is 4.56. The maximum Gasteiger partial charge on any atom is 0.244 e. The summed E-state index contributed by atoms with van der Waals surface area (Å²) < 4.78 is 32.2. The van der Waals surface area contributed by atoms with Crippen LogP contribution in [0.5, 0.6) is 0 Å². The van der Waals surface area contributed by atoms with Crippen molar-refractivity contribution >= 4 is 44.8 Å². The highest BCUT2D eigenvalue weighted by atomic mass is 35.5. The molecule has 0 amide bonds. The van der Waals surface area contributed by atoms with E-state index >= 15 is 0 Å². The van der Waals surface area contributed by atoms with Gasteiger partial charge in [0.2, 0.25) is 10.0 Å².